The molecule has 5 nitrogen and oxygen atoms in total. The van der Waals surface area contributed by atoms with Crippen molar-refractivity contribution in [2.45, 2.75) is 20.4 Å². The molecule has 0 unspecified atom stereocenters. The van der Waals surface area contributed by atoms with E-state index >= 15 is 0 Å². The van der Waals surface area contributed by atoms with Crippen molar-refractivity contribution in [1.29, 1.82) is 0 Å². The summed E-state index contributed by atoms with van der Waals surface area (Å²) in [5, 5.41) is 3.24. The van der Waals surface area contributed by atoms with Crippen LogP contribution in [0.25, 0.3) is 0 Å². The van der Waals surface area contributed by atoms with Gasteiger partial charge in [0.05, 0.1) is 5.56 Å². The van der Waals surface area contributed by atoms with E-state index in [-0.39, 0.29) is 11.2 Å². The smallest absolute Gasteiger partial charge is 0.330 e. The molecular weight excluding hydrogens is 334 g/mol. The van der Waals surface area contributed by atoms with E-state index in [4.69, 9.17) is 0 Å². The largest absolute Gasteiger partial charge is 0.381 e. The number of benzene rings is 1. The summed E-state index contributed by atoms with van der Waals surface area (Å²) < 4.78 is 3.62. The van der Waals surface area contributed by atoms with Gasteiger partial charge in [-0.1, -0.05) is 15.9 Å². The Bertz CT molecular complexity index is 783. The third-order valence-corrected chi connectivity index (χ3v) is 4.69. The third kappa shape index (κ3) is 3.10. The van der Waals surface area contributed by atoms with Crippen molar-refractivity contribution >= 4 is 21.6 Å². The quantitative estimate of drug-likeness (QED) is 0.920. The highest BCUT2D eigenvalue weighted by molar-refractivity contribution is 9.10. The molecule has 0 bridgehead atoms. The predicted octanol–water partition coefficient (Wildman–Crippen LogP) is 2.08. The molecule has 1 N–H and O–H groups in total. The number of rotatable bonds is 3. The molecule has 1 aromatic carbocycles. The van der Waals surface area contributed by atoms with Crippen LogP contribution in [-0.4, -0.2) is 9.13 Å². The third-order valence-electron chi connectivity index (χ3n) is 3.44. The van der Waals surface area contributed by atoms with E-state index in [1.807, 2.05) is 26.0 Å². The highest BCUT2D eigenvalue weighted by Gasteiger charge is 2.07. The van der Waals surface area contributed by atoms with Crippen LogP contribution in [-0.2, 0) is 20.6 Å². The van der Waals surface area contributed by atoms with Gasteiger partial charge in [-0.15, -0.1) is 0 Å². The Kier molecular flexibility index (Phi) is 4.37. The first kappa shape index (κ1) is 15.6. The number of hydrogen-bond donors (Lipinski definition) is 1. The van der Waals surface area contributed by atoms with Gasteiger partial charge in [-0.2, -0.15) is 0 Å². The number of nitrogens with one attached hydrogen (secondary N) is 1. The van der Waals surface area contributed by atoms with Crippen molar-refractivity contribution in [1.82, 2.24) is 9.13 Å². The molecule has 6 heteroatoms. The van der Waals surface area contributed by atoms with Gasteiger partial charge in [0.2, 0.25) is 0 Å². The van der Waals surface area contributed by atoms with E-state index in [0.717, 1.165) is 25.9 Å². The molecule has 2 aromatic rings. The standard InChI is InChI=1S/C15H18BrN3O2/c1-9-5-12(6-10(2)13(9)16)17-7-11-8-18(3)15(21)19(4)14(11)20/h5-6,8,17H,7H2,1-4H3. The summed E-state index contributed by atoms with van der Waals surface area (Å²) >= 11 is 3.53. The van der Waals surface area contributed by atoms with Crippen LogP contribution >= 0.6 is 15.9 Å². The van der Waals surface area contributed by atoms with Crippen molar-refractivity contribution < 1.29 is 0 Å². The SMILES string of the molecule is Cc1cc(NCc2cn(C)c(=O)n(C)c2=O)cc(C)c1Br. The van der Waals surface area contributed by atoms with Crippen LogP contribution in [0, 0.1) is 13.8 Å². The van der Waals surface area contributed by atoms with Crippen molar-refractivity contribution in [2.24, 2.45) is 14.1 Å². The zero-order valence-corrected chi connectivity index (χ0v) is 14.1. The van der Waals surface area contributed by atoms with Gasteiger partial charge in [-0.3, -0.25) is 9.36 Å². The Hall–Kier alpha value is -1.82. The molecular formula is C15H18BrN3O2. The Morgan fingerprint density at radius 1 is 1.14 bits per heavy atom. The van der Waals surface area contributed by atoms with Gasteiger partial charge in [-0.25, -0.2) is 4.79 Å². The van der Waals surface area contributed by atoms with Crippen LogP contribution in [0.2, 0.25) is 0 Å². The summed E-state index contributed by atoms with van der Waals surface area (Å²) in [4.78, 5) is 23.7. The second-order valence-electron chi connectivity index (χ2n) is 5.19. The summed E-state index contributed by atoms with van der Waals surface area (Å²) in [5.74, 6) is 0. The summed E-state index contributed by atoms with van der Waals surface area (Å²) in [5.41, 5.74) is 3.17. The average Bonchev–Trinajstić information content (AvgIpc) is 2.44. The number of hydrogen-bond acceptors (Lipinski definition) is 3. The number of aromatic nitrogens is 2. The van der Waals surface area contributed by atoms with Gasteiger partial charge in [0.1, 0.15) is 0 Å². The fraction of sp³-hybridized carbons (Fsp3) is 0.333. The maximum absolute atomic E-state index is 12.1. The fourth-order valence-electron chi connectivity index (χ4n) is 2.25. The van der Waals surface area contributed by atoms with E-state index in [1.54, 1.807) is 13.2 Å². The molecule has 0 radical (unpaired) electrons. The van der Waals surface area contributed by atoms with Crippen molar-refractivity contribution in [3.63, 3.8) is 0 Å². The van der Waals surface area contributed by atoms with Crippen molar-refractivity contribution in [2.75, 3.05) is 5.32 Å². The summed E-state index contributed by atoms with van der Waals surface area (Å²) in [7, 11) is 3.13. The fourth-order valence-corrected chi connectivity index (χ4v) is 2.48. The molecule has 0 aliphatic carbocycles. The average molecular weight is 352 g/mol. The van der Waals surface area contributed by atoms with Crippen LogP contribution in [0.5, 0.6) is 0 Å². The molecule has 1 aromatic heterocycles. The lowest BCUT2D eigenvalue weighted by atomic mass is 10.1. The Morgan fingerprint density at radius 3 is 2.29 bits per heavy atom. The maximum atomic E-state index is 12.1. The molecule has 0 amide bonds. The zero-order valence-electron chi connectivity index (χ0n) is 12.5. The van der Waals surface area contributed by atoms with Crippen LogP contribution in [0.1, 0.15) is 16.7 Å². The second-order valence-corrected chi connectivity index (χ2v) is 5.98. The van der Waals surface area contributed by atoms with Gasteiger partial charge in [-0.05, 0) is 37.1 Å². The Morgan fingerprint density at radius 2 is 1.71 bits per heavy atom. The van der Waals surface area contributed by atoms with E-state index < -0.39 is 0 Å². The zero-order chi connectivity index (χ0) is 15.7. The molecule has 0 aliphatic rings. The van der Waals surface area contributed by atoms with Crippen LogP contribution in [0.3, 0.4) is 0 Å². The van der Waals surface area contributed by atoms with Crippen molar-refractivity contribution in [3.8, 4) is 0 Å². The minimum Gasteiger partial charge on any atom is -0.381 e. The second kappa shape index (κ2) is 5.89. The van der Waals surface area contributed by atoms with Crippen molar-refractivity contribution in [3.05, 3.63) is 60.3 Å². The molecule has 2 rings (SSSR count). The number of anilines is 1. The van der Waals surface area contributed by atoms with Gasteiger partial charge >= 0.3 is 5.69 Å². The number of halogens is 1. The molecule has 0 fully saturated rings. The van der Waals surface area contributed by atoms with Gasteiger partial charge in [0.15, 0.2) is 0 Å². The Balaban J connectivity index is 2.29. The monoisotopic (exact) mass is 351 g/mol. The molecule has 0 saturated heterocycles. The molecule has 0 atom stereocenters. The summed E-state index contributed by atoms with van der Waals surface area (Å²) in [6.07, 6.45) is 1.58. The topological polar surface area (TPSA) is 56.0 Å². The number of nitrogens with zero attached hydrogens (tertiary/aromatic N) is 2. The van der Waals surface area contributed by atoms with E-state index in [2.05, 4.69) is 21.2 Å². The summed E-state index contributed by atoms with van der Waals surface area (Å²) in [6, 6.07) is 4.03. The minimum atomic E-state index is -0.320. The lowest BCUT2D eigenvalue weighted by Crippen LogP contribution is -2.38. The summed E-state index contributed by atoms with van der Waals surface area (Å²) in [6.45, 7) is 4.42. The first-order chi connectivity index (χ1) is 9.81. The van der Waals surface area contributed by atoms with Crippen LogP contribution < -0.4 is 16.6 Å². The highest BCUT2D eigenvalue weighted by Crippen LogP contribution is 2.25. The molecule has 0 aliphatic heterocycles. The first-order valence-corrected chi connectivity index (χ1v) is 7.36. The van der Waals surface area contributed by atoms with Gasteiger partial charge < -0.3 is 9.88 Å². The Labute approximate surface area is 131 Å². The van der Waals surface area contributed by atoms with Gasteiger partial charge in [0, 0.05) is 37.0 Å². The van der Waals surface area contributed by atoms with E-state index in [0.29, 0.717) is 12.1 Å². The molecule has 1 heterocycles. The van der Waals surface area contributed by atoms with Crippen LogP contribution in [0.4, 0.5) is 5.69 Å². The van der Waals surface area contributed by atoms with E-state index in [9.17, 15) is 9.59 Å². The van der Waals surface area contributed by atoms with E-state index in [1.165, 1.54) is 11.6 Å². The highest BCUT2D eigenvalue weighted by atomic mass is 79.9. The number of aryl methyl sites for hydroxylation is 3. The molecule has 112 valence electrons. The predicted molar refractivity (Wildman–Crippen MR) is 87.9 cm³/mol. The lowest BCUT2D eigenvalue weighted by Gasteiger charge is -2.11. The molecule has 0 saturated carbocycles. The normalized spacial score (nSPS) is 10.7. The lowest BCUT2D eigenvalue weighted by molar-refractivity contribution is 0.671. The first-order valence-electron chi connectivity index (χ1n) is 6.57. The van der Waals surface area contributed by atoms with Crippen LogP contribution in [0.15, 0.2) is 32.4 Å². The molecule has 21 heavy (non-hydrogen) atoms. The minimum absolute atomic E-state index is 0.267. The van der Waals surface area contributed by atoms with Gasteiger partial charge in [0.25, 0.3) is 5.56 Å². The maximum Gasteiger partial charge on any atom is 0.330 e. The molecule has 0 spiro atoms.